The number of hydrogen-bond donors (Lipinski definition) is 0. The number of fused-ring (bicyclic) bond motifs is 1. The minimum atomic E-state index is 0.609. The van der Waals surface area contributed by atoms with Crippen molar-refractivity contribution in [3.05, 3.63) is 35.0 Å². The lowest BCUT2D eigenvalue weighted by molar-refractivity contribution is 0.747. The summed E-state index contributed by atoms with van der Waals surface area (Å²) in [5.41, 5.74) is 0.754. The van der Waals surface area contributed by atoms with Gasteiger partial charge >= 0.3 is 0 Å². The Bertz CT molecular complexity index is 873. The Morgan fingerprint density at radius 2 is 1.91 bits per heavy atom. The zero-order valence-corrected chi connectivity index (χ0v) is 13.5. The maximum atomic E-state index is 5.95. The van der Waals surface area contributed by atoms with Crippen LogP contribution in [0.25, 0.3) is 17.8 Å². The van der Waals surface area contributed by atoms with Crippen molar-refractivity contribution < 1.29 is 0 Å². The molecule has 1 aliphatic rings. The molecule has 7 nitrogen and oxygen atoms in total. The van der Waals surface area contributed by atoms with Crippen LogP contribution in [-0.4, -0.2) is 42.5 Å². The predicted octanol–water partition coefficient (Wildman–Crippen LogP) is 2.28. The summed E-state index contributed by atoms with van der Waals surface area (Å²) in [6.45, 7) is 2.06. The molecule has 8 heteroatoms. The average molecular weight is 330 g/mol. The Morgan fingerprint density at radius 1 is 1.09 bits per heavy atom. The molecule has 0 saturated carbocycles. The van der Waals surface area contributed by atoms with Crippen LogP contribution in [0.2, 0.25) is 5.02 Å². The van der Waals surface area contributed by atoms with Gasteiger partial charge in [0.2, 0.25) is 5.95 Å². The Balaban J connectivity index is 1.59. The number of pyridine rings is 1. The molecule has 0 bridgehead atoms. The highest BCUT2D eigenvalue weighted by molar-refractivity contribution is 6.30. The summed E-state index contributed by atoms with van der Waals surface area (Å²) >= 11 is 5.95. The molecule has 4 heterocycles. The Morgan fingerprint density at radius 3 is 2.74 bits per heavy atom. The fourth-order valence-corrected chi connectivity index (χ4v) is 2.83. The molecule has 0 aromatic carbocycles. The van der Waals surface area contributed by atoms with Gasteiger partial charge in [0.1, 0.15) is 0 Å². The largest absolute Gasteiger partial charge is 0.340 e. The second-order valence-electron chi connectivity index (χ2n) is 5.54. The van der Waals surface area contributed by atoms with E-state index in [1.165, 1.54) is 12.8 Å². The molecule has 0 N–H and O–H groups in total. The fourth-order valence-electron chi connectivity index (χ4n) is 2.67. The number of nitrogens with zero attached hydrogens (tertiary/aromatic N) is 7. The van der Waals surface area contributed by atoms with E-state index in [1.54, 1.807) is 21.5 Å². The van der Waals surface area contributed by atoms with Crippen LogP contribution in [0.3, 0.4) is 0 Å². The molecule has 0 unspecified atom stereocenters. The van der Waals surface area contributed by atoms with E-state index in [0.717, 1.165) is 30.5 Å². The Kier molecular flexibility index (Phi) is 3.49. The quantitative estimate of drug-likeness (QED) is 0.737. The smallest absolute Gasteiger partial charge is 0.245 e. The van der Waals surface area contributed by atoms with Gasteiger partial charge in [-0.15, -0.1) is 10.2 Å². The zero-order chi connectivity index (χ0) is 15.8. The molecule has 0 amide bonds. The van der Waals surface area contributed by atoms with Crippen molar-refractivity contribution in [3.63, 3.8) is 0 Å². The van der Waals surface area contributed by atoms with Crippen molar-refractivity contribution in [2.75, 3.05) is 18.0 Å². The molecule has 4 rings (SSSR count). The summed E-state index contributed by atoms with van der Waals surface area (Å²) in [5, 5.41) is 9.47. The van der Waals surface area contributed by atoms with E-state index in [4.69, 9.17) is 11.6 Å². The van der Waals surface area contributed by atoms with Crippen LogP contribution in [0, 0.1) is 0 Å². The van der Waals surface area contributed by atoms with Crippen LogP contribution in [0.1, 0.15) is 24.5 Å². The molecule has 0 spiro atoms. The molecular weight excluding hydrogens is 314 g/mol. The lowest BCUT2D eigenvalue weighted by Gasteiger charge is -2.10. The number of aromatic nitrogens is 6. The van der Waals surface area contributed by atoms with Gasteiger partial charge in [-0.3, -0.25) is 0 Å². The van der Waals surface area contributed by atoms with Crippen LogP contribution in [0.5, 0.6) is 0 Å². The zero-order valence-electron chi connectivity index (χ0n) is 12.7. The molecule has 0 atom stereocenters. The maximum absolute atomic E-state index is 5.95. The molecule has 1 aliphatic heterocycles. The summed E-state index contributed by atoms with van der Waals surface area (Å²) in [4.78, 5) is 11.2. The van der Waals surface area contributed by atoms with Gasteiger partial charge < -0.3 is 4.90 Å². The van der Waals surface area contributed by atoms with Gasteiger partial charge in [-0.2, -0.15) is 4.98 Å². The Labute approximate surface area is 138 Å². The fraction of sp³-hybridized carbons (Fsp3) is 0.333. The SMILES string of the molecule is Cn1nc(N2CCCC2)nc1C=Cc1nc2ccc(Cl)cn2n1. The van der Waals surface area contributed by atoms with Crippen molar-refractivity contribution >= 4 is 35.3 Å². The molecule has 3 aromatic rings. The molecular formula is C15H16ClN7. The van der Waals surface area contributed by atoms with Gasteiger partial charge in [0.05, 0.1) is 5.02 Å². The van der Waals surface area contributed by atoms with E-state index in [2.05, 4.69) is 25.1 Å². The second kappa shape index (κ2) is 5.66. The van der Waals surface area contributed by atoms with Gasteiger partial charge in [0.25, 0.3) is 0 Å². The molecule has 0 aliphatic carbocycles. The number of aryl methyl sites for hydroxylation is 1. The summed E-state index contributed by atoms with van der Waals surface area (Å²) in [7, 11) is 1.89. The van der Waals surface area contributed by atoms with Crippen LogP contribution in [-0.2, 0) is 7.05 Å². The first-order valence-electron chi connectivity index (χ1n) is 7.55. The Hall–Kier alpha value is -2.41. The van der Waals surface area contributed by atoms with Crippen molar-refractivity contribution in [1.29, 1.82) is 0 Å². The molecule has 0 radical (unpaired) electrons. The second-order valence-corrected chi connectivity index (χ2v) is 5.98. The summed E-state index contributed by atoms with van der Waals surface area (Å²) in [6, 6.07) is 3.63. The van der Waals surface area contributed by atoms with Crippen molar-refractivity contribution in [2.24, 2.45) is 7.05 Å². The van der Waals surface area contributed by atoms with E-state index in [-0.39, 0.29) is 0 Å². The summed E-state index contributed by atoms with van der Waals surface area (Å²) in [6.07, 6.45) is 7.85. The maximum Gasteiger partial charge on any atom is 0.245 e. The third kappa shape index (κ3) is 2.79. The minimum Gasteiger partial charge on any atom is -0.340 e. The van der Waals surface area contributed by atoms with E-state index < -0.39 is 0 Å². The van der Waals surface area contributed by atoms with E-state index >= 15 is 0 Å². The highest BCUT2D eigenvalue weighted by atomic mass is 35.5. The molecule has 1 saturated heterocycles. The summed E-state index contributed by atoms with van der Waals surface area (Å²) < 4.78 is 3.44. The van der Waals surface area contributed by atoms with Crippen LogP contribution >= 0.6 is 11.6 Å². The number of anilines is 1. The van der Waals surface area contributed by atoms with Crippen molar-refractivity contribution in [2.45, 2.75) is 12.8 Å². The highest BCUT2D eigenvalue weighted by Crippen LogP contribution is 2.17. The molecule has 23 heavy (non-hydrogen) atoms. The first kappa shape index (κ1) is 14.2. The van der Waals surface area contributed by atoms with Gasteiger partial charge in [0, 0.05) is 26.3 Å². The molecule has 118 valence electrons. The lowest BCUT2D eigenvalue weighted by Crippen LogP contribution is -2.19. The minimum absolute atomic E-state index is 0.609. The third-order valence-corrected chi connectivity index (χ3v) is 4.09. The van der Waals surface area contributed by atoms with Gasteiger partial charge in [-0.25, -0.2) is 14.2 Å². The van der Waals surface area contributed by atoms with Crippen LogP contribution in [0.4, 0.5) is 5.95 Å². The third-order valence-electron chi connectivity index (χ3n) is 3.87. The monoisotopic (exact) mass is 329 g/mol. The number of halogens is 1. The topological polar surface area (TPSA) is 64.1 Å². The van der Waals surface area contributed by atoms with Crippen LogP contribution < -0.4 is 4.90 Å². The first-order valence-corrected chi connectivity index (χ1v) is 7.93. The number of rotatable bonds is 3. The first-order chi connectivity index (χ1) is 11.2. The van der Waals surface area contributed by atoms with E-state index in [9.17, 15) is 0 Å². The average Bonchev–Trinajstić information content (AvgIpc) is 3.23. The standard InChI is InChI=1S/C15H16ClN7/c1-21-13(18-15(20-21)22-8-2-3-9-22)7-5-12-17-14-6-4-11(16)10-23(14)19-12/h4-7,10H,2-3,8-9H2,1H3. The van der Waals surface area contributed by atoms with Gasteiger partial charge in [0.15, 0.2) is 17.3 Å². The van der Waals surface area contributed by atoms with Crippen molar-refractivity contribution in [1.82, 2.24) is 29.4 Å². The summed E-state index contributed by atoms with van der Waals surface area (Å²) in [5.74, 6) is 2.18. The van der Waals surface area contributed by atoms with Crippen molar-refractivity contribution in [3.8, 4) is 0 Å². The lowest BCUT2D eigenvalue weighted by atomic mass is 10.4. The van der Waals surface area contributed by atoms with Crippen LogP contribution in [0.15, 0.2) is 18.3 Å². The highest BCUT2D eigenvalue weighted by Gasteiger charge is 2.17. The van der Waals surface area contributed by atoms with E-state index in [1.807, 2.05) is 25.3 Å². The molecule has 1 fully saturated rings. The van der Waals surface area contributed by atoms with Gasteiger partial charge in [-0.05, 0) is 37.1 Å². The van der Waals surface area contributed by atoms with Gasteiger partial charge in [-0.1, -0.05) is 11.6 Å². The molecule has 3 aromatic heterocycles. The normalized spacial score (nSPS) is 15.3. The van der Waals surface area contributed by atoms with E-state index in [0.29, 0.717) is 10.8 Å². The number of hydrogen-bond acceptors (Lipinski definition) is 5. The predicted molar refractivity (Wildman–Crippen MR) is 89.4 cm³/mol.